The van der Waals surface area contributed by atoms with E-state index in [0.29, 0.717) is 16.8 Å². The van der Waals surface area contributed by atoms with E-state index < -0.39 is 5.97 Å². The van der Waals surface area contributed by atoms with Crippen LogP contribution in [0.25, 0.3) is 0 Å². The molecule has 1 aliphatic rings. The predicted molar refractivity (Wildman–Crippen MR) is 103 cm³/mol. The Morgan fingerprint density at radius 3 is 2.48 bits per heavy atom. The number of para-hydroxylation sites is 1. The molecule has 1 heterocycles. The molecule has 1 aliphatic heterocycles. The van der Waals surface area contributed by atoms with E-state index in [4.69, 9.17) is 9.47 Å². The van der Waals surface area contributed by atoms with Gasteiger partial charge in [-0.2, -0.15) is 0 Å². The molecular weight excluding hydrogens is 344 g/mol. The van der Waals surface area contributed by atoms with E-state index in [2.05, 4.69) is 10.2 Å². The lowest BCUT2D eigenvalue weighted by molar-refractivity contribution is 0.0342. The summed E-state index contributed by atoms with van der Waals surface area (Å²) in [6.45, 7) is 6.25. The van der Waals surface area contributed by atoms with Crippen molar-refractivity contribution in [1.82, 2.24) is 4.90 Å². The molecule has 1 N–H and O–H groups in total. The number of hydrogen-bond acceptors (Lipinski definition) is 5. The molecule has 0 bridgehead atoms. The Hall–Kier alpha value is -2.70. The fraction of sp³-hybridized carbons (Fsp3) is 0.333. The first kappa shape index (κ1) is 19.1. The second kappa shape index (κ2) is 9.30. The topological polar surface area (TPSA) is 67.9 Å². The highest BCUT2D eigenvalue weighted by Gasteiger charge is 2.15. The minimum atomic E-state index is -0.450. The summed E-state index contributed by atoms with van der Waals surface area (Å²) in [5.74, 6) is -0.709. The van der Waals surface area contributed by atoms with Gasteiger partial charge in [0, 0.05) is 25.2 Å². The smallest absolute Gasteiger partial charge is 0.340 e. The van der Waals surface area contributed by atoms with Gasteiger partial charge in [0.1, 0.15) is 0 Å². The number of benzene rings is 2. The summed E-state index contributed by atoms with van der Waals surface area (Å²) < 4.78 is 10.4. The van der Waals surface area contributed by atoms with Crippen molar-refractivity contribution in [2.24, 2.45) is 0 Å². The van der Waals surface area contributed by atoms with Crippen molar-refractivity contribution in [3.8, 4) is 0 Å². The van der Waals surface area contributed by atoms with E-state index in [9.17, 15) is 9.59 Å². The van der Waals surface area contributed by atoms with Crippen LogP contribution in [0.3, 0.4) is 0 Å². The molecule has 0 unspecified atom stereocenters. The molecule has 0 spiro atoms. The molecule has 0 aliphatic carbocycles. The van der Waals surface area contributed by atoms with Crippen LogP contribution in [0.5, 0.6) is 0 Å². The number of anilines is 1. The number of nitrogens with one attached hydrogen (secondary N) is 1. The van der Waals surface area contributed by atoms with Gasteiger partial charge in [-0.3, -0.25) is 9.69 Å². The predicted octanol–water partition coefficient (Wildman–Crippen LogP) is 2.95. The van der Waals surface area contributed by atoms with Gasteiger partial charge in [-0.15, -0.1) is 0 Å². The lowest BCUT2D eigenvalue weighted by atomic mass is 10.1. The molecule has 0 radical (unpaired) electrons. The van der Waals surface area contributed by atoms with E-state index in [1.165, 1.54) is 0 Å². The maximum Gasteiger partial charge on any atom is 0.340 e. The molecule has 3 rings (SSSR count). The van der Waals surface area contributed by atoms with Crippen molar-refractivity contribution in [3.63, 3.8) is 0 Å². The van der Waals surface area contributed by atoms with Crippen molar-refractivity contribution in [1.29, 1.82) is 0 Å². The van der Waals surface area contributed by atoms with Crippen molar-refractivity contribution >= 4 is 17.6 Å². The summed E-state index contributed by atoms with van der Waals surface area (Å²) in [5.41, 5.74) is 2.48. The Morgan fingerprint density at radius 2 is 1.78 bits per heavy atom. The zero-order valence-corrected chi connectivity index (χ0v) is 15.4. The molecule has 142 valence electrons. The Morgan fingerprint density at radius 1 is 1.07 bits per heavy atom. The van der Waals surface area contributed by atoms with E-state index in [0.717, 1.165) is 38.4 Å². The van der Waals surface area contributed by atoms with Crippen molar-refractivity contribution < 1.29 is 19.1 Å². The van der Waals surface area contributed by atoms with E-state index in [1.807, 2.05) is 12.1 Å². The van der Waals surface area contributed by atoms with Crippen LogP contribution >= 0.6 is 0 Å². The highest BCUT2D eigenvalue weighted by molar-refractivity contribution is 6.08. The summed E-state index contributed by atoms with van der Waals surface area (Å²) in [6.07, 6.45) is 0. The normalized spacial score (nSPS) is 14.6. The van der Waals surface area contributed by atoms with Crippen LogP contribution in [0.4, 0.5) is 5.69 Å². The molecule has 6 heteroatoms. The van der Waals surface area contributed by atoms with Gasteiger partial charge in [-0.25, -0.2) is 4.79 Å². The first-order valence-electron chi connectivity index (χ1n) is 9.14. The van der Waals surface area contributed by atoms with E-state index in [1.54, 1.807) is 43.3 Å². The average molecular weight is 368 g/mol. The lowest BCUT2D eigenvalue weighted by Crippen LogP contribution is -2.35. The molecule has 1 saturated heterocycles. The van der Waals surface area contributed by atoms with E-state index in [-0.39, 0.29) is 12.5 Å². The molecule has 0 saturated carbocycles. The van der Waals surface area contributed by atoms with Crippen LogP contribution in [0.2, 0.25) is 0 Å². The summed E-state index contributed by atoms with van der Waals surface area (Å²) in [6, 6.07) is 14.4. The number of hydrogen-bond donors (Lipinski definition) is 1. The number of esters is 1. The van der Waals surface area contributed by atoms with Gasteiger partial charge in [0.2, 0.25) is 0 Å². The molecular formula is C21H24N2O4. The van der Waals surface area contributed by atoms with Gasteiger partial charge >= 0.3 is 5.97 Å². The van der Waals surface area contributed by atoms with Gasteiger partial charge in [-0.1, -0.05) is 24.3 Å². The third-order valence-electron chi connectivity index (χ3n) is 4.40. The largest absolute Gasteiger partial charge is 0.462 e. The first-order chi connectivity index (χ1) is 13.2. The number of rotatable bonds is 6. The van der Waals surface area contributed by atoms with Crippen molar-refractivity contribution in [2.45, 2.75) is 13.5 Å². The zero-order chi connectivity index (χ0) is 19.1. The molecule has 27 heavy (non-hydrogen) atoms. The molecule has 2 aromatic carbocycles. The number of morpholine rings is 1. The van der Waals surface area contributed by atoms with Crippen LogP contribution in [0.1, 0.15) is 33.2 Å². The van der Waals surface area contributed by atoms with Crippen LogP contribution in [0.15, 0.2) is 48.5 Å². The fourth-order valence-electron chi connectivity index (χ4n) is 2.95. The Balaban J connectivity index is 1.65. The quantitative estimate of drug-likeness (QED) is 0.794. The van der Waals surface area contributed by atoms with Crippen LogP contribution < -0.4 is 5.32 Å². The lowest BCUT2D eigenvalue weighted by Gasteiger charge is -2.26. The minimum Gasteiger partial charge on any atom is -0.462 e. The maximum absolute atomic E-state index is 12.6. The van der Waals surface area contributed by atoms with Crippen molar-refractivity contribution in [2.75, 3.05) is 38.2 Å². The summed E-state index contributed by atoms with van der Waals surface area (Å²) in [7, 11) is 0. The second-order valence-electron chi connectivity index (χ2n) is 6.31. The standard InChI is InChI=1S/C21H24N2O4/c1-2-27-21(25)18-5-3-4-6-19(18)22-20(24)17-9-7-16(8-10-17)15-23-11-13-26-14-12-23/h3-10H,2,11-15H2,1H3,(H,22,24). The van der Waals surface area contributed by atoms with Crippen LogP contribution in [-0.4, -0.2) is 49.7 Å². The molecule has 0 atom stereocenters. The zero-order valence-electron chi connectivity index (χ0n) is 15.4. The minimum absolute atomic E-state index is 0.260. The average Bonchev–Trinajstić information content (AvgIpc) is 2.70. The molecule has 1 amide bonds. The third kappa shape index (κ3) is 5.15. The molecule has 1 fully saturated rings. The second-order valence-corrected chi connectivity index (χ2v) is 6.31. The number of carbonyl (C=O) groups excluding carboxylic acids is 2. The molecule has 2 aromatic rings. The molecule has 0 aromatic heterocycles. The fourth-order valence-corrected chi connectivity index (χ4v) is 2.95. The Bertz CT molecular complexity index is 783. The van der Waals surface area contributed by atoms with Gasteiger partial charge in [0.05, 0.1) is 31.1 Å². The van der Waals surface area contributed by atoms with E-state index >= 15 is 0 Å². The summed E-state index contributed by atoms with van der Waals surface area (Å²) in [5, 5.41) is 2.80. The van der Waals surface area contributed by atoms with Crippen LogP contribution in [-0.2, 0) is 16.0 Å². The molecule has 6 nitrogen and oxygen atoms in total. The van der Waals surface area contributed by atoms with Gasteiger partial charge < -0.3 is 14.8 Å². The maximum atomic E-state index is 12.6. The summed E-state index contributed by atoms with van der Waals surface area (Å²) in [4.78, 5) is 26.9. The van der Waals surface area contributed by atoms with Gasteiger partial charge in [-0.05, 0) is 36.8 Å². The number of ether oxygens (including phenoxy) is 2. The highest BCUT2D eigenvalue weighted by Crippen LogP contribution is 2.18. The van der Waals surface area contributed by atoms with Gasteiger partial charge in [0.25, 0.3) is 5.91 Å². The highest BCUT2D eigenvalue weighted by atomic mass is 16.5. The number of nitrogens with zero attached hydrogens (tertiary/aromatic N) is 1. The monoisotopic (exact) mass is 368 g/mol. The Labute approximate surface area is 159 Å². The number of amides is 1. The number of carbonyl (C=O) groups is 2. The van der Waals surface area contributed by atoms with Crippen molar-refractivity contribution in [3.05, 3.63) is 65.2 Å². The van der Waals surface area contributed by atoms with Crippen LogP contribution in [0, 0.1) is 0 Å². The third-order valence-corrected chi connectivity index (χ3v) is 4.40. The SMILES string of the molecule is CCOC(=O)c1ccccc1NC(=O)c1ccc(CN2CCOCC2)cc1. The first-order valence-corrected chi connectivity index (χ1v) is 9.14. The Kier molecular flexibility index (Phi) is 6.57. The summed E-state index contributed by atoms with van der Waals surface area (Å²) >= 11 is 0. The van der Waals surface area contributed by atoms with Gasteiger partial charge in [0.15, 0.2) is 0 Å².